The lowest BCUT2D eigenvalue weighted by Gasteiger charge is -2.03. The van der Waals surface area contributed by atoms with Gasteiger partial charge < -0.3 is 9.73 Å². The molecule has 4 rings (SSSR count). The molecule has 6 nitrogen and oxygen atoms in total. The Hall–Kier alpha value is -3.38. The molecule has 0 unspecified atom stereocenters. The van der Waals surface area contributed by atoms with Crippen molar-refractivity contribution in [3.8, 4) is 17.0 Å². The Morgan fingerprint density at radius 3 is 2.67 bits per heavy atom. The number of aryl methyl sites for hydroxylation is 2. The summed E-state index contributed by atoms with van der Waals surface area (Å²) in [7, 11) is 0. The molecule has 0 aliphatic rings. The lowest BCUT2D eigenvalue weighted by atomic mass is 10.1. The van der Waals surface area contributed by atoms with Crippen LogP contribution in [0.3, 0.4) is 0 Å². The number of aromatic nitrogens is 3. The van der Waals surface area contributed by atoms with Gasteiger partial charge >= 0.3 is 0 Å². The Morgan fingerprint density at radius 2 is 1.90 bits per heavy atom. The summed E-state index contributed by atoms with van der Waals surface area (Å²) >= 11 is 5.92. The topological polar surface area (TPSA) is 73.0 Å². The van der Waals surface area contributed by atoms with Crippen LogP contribution in [0, 0.1) is 6.92 Å². The second-order valence-electron chi connectivity index (χ2n) is 6.93. The van der Waals surface area contributed by atoms with Gasteiger partial charge in [-0.1, -0.05) is 41.9 Å². The molecular formula is C23H21ClN4O2. The number of hydrogen-bond acceptors (Lipinski definition) is 4. The number of carbonyl (C=O) groups excluding carboxylic acids is 1. The zero-order valence-corrected chi connectivity index (χ0v) is 17.3. The number of halogens is 1. The van der Waals surface area contributed by atoms with E-state index in [0.29, 0.717) is 30.3 Å². The minimum atomic E-state index is -0.0636. The van der Waals surface area contributed by atoms with Crippen LogP contribution in [0.2, 0.25) is 5.02 Å². The standard InChI is InChI=1S/C23H21ClN4O2/c1-16-23(18-5-3-2-4-6-18)30-22(27-16)12-11-21(29)25-13-17-14-26-28(15-17)20-9-7-19(24)8-10-20/h2-10,14-15H,11-13H2,1H3,(H,25,29). The van der Waals surface area contributed by atoms with Crippen LogP contribution >= 0.6 is 11.6 Å². The van der Waals surface area contributed by atoms with Crippen molar-refractivity contribution in [1.82, 2.24) is 20.1 Å². The molecule has 2 heterocycles. The van der Waals surface area contributed by atoms with E-state index in [1.165, 1.54) is 0 Å². The largest absolute Gasteiger partial charge is 0.440 e. The molecule has 152 valence electrons. The van der Waals surface area contributed by atoms with Gasteiger partial charge in [-0.05, 0) is 31.2 Å². The van der Waals surface area contributed by atoms with Gasteiger partial charge in [-0.15, -0.1) is 0 Å². The summed E-state index contributed by atoms with van der Waals surface area (Å²) in [6, 6.07) is 17.2. The number of carbonyl (C=O) groups is 1. The molecule has 30 heavy (non-hydrogen) atoms. The highest BCUT2D eigenvalue weighted by molar-refractivity contribution is 6.30. The van der Waals surface area contributed by atoms with E-state index in [0.717, 1.165) is 28.3 Å². The van der Waals surface area contributed by atoms with Crippen LogP contribution in [-0.4, -0.2) is 20.7 Å². The first-order valence-electron chi connectivity index (χ1n) is 9.66. The maximum absolute atomic E-state index is 12.2. The summed E-state index contributed by atoms with van der Waals surface area (Å²) in [5.41, 5.74) is 3.63. The van der Waals surface area contributed by atoms with E-state index in [4.69, 9.17) is 16.0 Å². The van der Waals surface area contributed by atoms with Crippen molar-refractivity contribution < 1.29 is 9.21 Å². The number of benzene rings is 2. The summed E-state index contributed by atoms with van der Waals surface area (Å²) in [6.45, 7) is 2.32. The number of nitrogens with one attached hydrogen (secondary N) is 1. The summed E-state index contributed by atoms with van der Waals surface area (Å²) < 4.78 is 7.61. The van der Waals surface area contributed by atoms with E-state index in [2.05, 4.69) is 15.4 Å². The Bertz CT molecular complexity index is 1130. The molecule has 0 aliphatic carbocycles. The summed E-state index contributed by atoms with van der Waals surface area (Å²) in [4.78, 5) is 16.7. The number of oxazole rings is 1. The molecule has 7 heteroatoms. The Kier molecular flexibility index (Phi) is 5.95. The first-order valence-corrected chi connectivity index (χ1v) is 10.0. The van der Waals surface area contributed by atoms with Crippen LogP contribution < -0.4 is 5.32 Å². The summed E-state index contributed by atoms with van der Waals surface area (Å²) in [5.74, 6) is 1.25. The number of rotatable bonds is 7. The molecule has 0 radical (unpaired) electrons. The van der Waals surface area contributed by atoms with Crippen molar-refractivity contribution in [3.63, 3.8) is 0 Å². The smallest absolute Gasteiger partial charge is 0.220 e. The third kappa shape index (κ3) is 4.78. The molecule has 0 atom stereocenters. The molecule has 4 aromatic rings. The Balaban J connectivity index is 1.29. The monoisotopic (exact) mass is 420 g/mol. The predicted octanol–water partition coefficient (Wildman–Crippen LogP) is 4.74. The average Bonchev–Trinajstić information content (AvgIpc) is 3.38. The van der Waals surface area contributed by atoms with E-state index in [-0.39, 0.29) is 5.91 Å². The van der Waals surface area contributed by atoms with E-state index >= 15 is 0 Å². The van der Waals surface area contributed by atoms with E-state index < -0.39 is 0 Å². The van der Waals surface area contributed by atoms with Crippen LogP contribution in [0.25, 0.3) is 17.0 Å². The summed E-state index contributed by atoms with van der Waals surface area (Å²) in [6.07, 6.45) is 4.37. The van der Waals surface area contributed by atoms with Gasteiger partial charge in [-0.3, -0.25) is 4.79 Å². The van der Waals surface area contributed by atoms with E-state index in [1.54, 1.807) is 10.9 Å². The molecule has 0 bridgehead atoms. The Morgan fingerprint density at radius 1 is 1.13 bits per heavy atom. The molecule has 0 saturated heterocycles. The first-order chi connectivity index (χ1) is 14.6. The molecule has 1 amide bonds. The highest BCUT2D eigenvalue weighted by atomic mass is 35.5. The fourth-order valence-electron chi connectivity index (χ4n) is 3.11. The second kappa shape index (κ2) is 8.97. The molecule has 0 spiro atoms. The van der Waals surface area contributed by atoms with Gasteiger partial charge in [0.25, 0.3) is 0 Å². The zero-order valence-electron chi connectivity index (χ0n) is 16.5. The second-order valence-corrected chi connectivity index (χ2v) is 7.37. The molecule has 0 saturated carbocycles. The molecule has 0 aliphatic heterocycles. The molecule has 0 fully saturated rings. The maximum atomic E-state index is 12.2. The zero-order chi connectivity index (χ0) is 20.9. The lowest BCUT2D eigenvalue weighted by molar-refractivity contribution is -0.121. The van der Waals surface area contributed by atoms with Gasteiger partial charge in [-0.25, -0.2) is 9.67 Å². The minimum absolute atomic E-state index is 0.0636. The van der Waals surface area contributed by atoms with E-state index in [9.17, 15) is 4.79 Å². The number of amides is 1. The van der Waals surface area contributed by atoms with Gasteiger partial charge in [0.15, 0.2) is 11.7 Å². The molecule has 2 aromatic heterocycles. The van der Waals surface area contributed by atoms with Crippen molar-refractivity contribution in [3.05, 3.63) is 89.2 Å². The minimum Gasteiger partial charge on any atom is -0.440 e. The van der Waals surface area contributed by atoms with Gasteiger partial charge in [0.1, 0.15) is 0 Å². The SMILES string of the molecule is Cc1nc(CCC(=O)NCc2cnn(-c3ccc(Cl)cc3)c2)oc1-c1ccccc1. The fraction of sp³-hybridized carbons (Fsp3) is 0.174. The summed E-state index contributed by atoms with van der Waals surface area (Å²) in [5, 5.41) is 7.92. The number of nitrogens with zero attached hydrogens (tertiary/aromatic N) is 3. The first kappa shape index (κ1) is 19.9. The highest BCUT2D eigenvalue weighted by Crippen LogP contribution is 2.24. The Labute approximate surface area is 179 Å². The average molecular weight is 421 g/mol. The van der Waals surface area contributed by atoms with Crippen molar-refractivity contribution in [2.45, 2.75) is 26.3 Å². The normalized spacial score (nSPS) is 10.9. The van der Waals surface area contributed by atoms with Crippen molar-refractivity contribution >= 4 is 17.5 Å². The van der Waals surface area contributed by atoms with Crippen LogP contribution in [0.1, 0.15) is 23.6 Å². The van der Waals surface area contributed by atoms with Gasteiger partial charge in [0.2, 0.25) is 5.91 Å². The van der Waals surface area contributed by atoms with E-state index in [1.807, 2.05) is 67.7 Å². The maximum Gasteiger partial charge on any atom is 0.220 e. The van der Waals surface area contributed by atoms with Gasteiger partial charge in [0.05, 0.1) is 17.6 Å². The number of hydrogen-bond donors (Lipinski definition) is 1. The van der Waals surface area contributed by atoms with Crippen molar-refractivity contribution in [2.24, 2.45) is 0 Å². The van der Waals surface area contributed by atoms with Crippen LogP contribution in [0.4, 0.5) is 0 Å². The van der Waals surface area contributed by atoms with Crippen LogP contribution in [0.15, 0.2) is 71.4 Å². The molecule has 1 N–H and O–H groups in total. The third-order valence-corrected chi connectivity index (χ3v) is 4.91. The van der Waals surface area contributed by atoms with Gasteiger partial charge in [0, 0.05) is 41.7 Å². The lowest BCUT2D eigenvalue weighted by Crippen LogP contribution is -2.22. The van der Waals surface area contributed by atoms with Gasteiger partial charge in [-0.2, -0.15) is 5.10 Å². The van der Waals surface area contributed by atoms with Crippen molar-refractivity contribution in [2.75, 3.05) is 0 Å². The van der Waals surface area contributed by atoms with Crippen LogP contribution in [-0.2, 0) is 17.8 Å². The molecule has 2 aromatic carbocycles. The third-order valence-electron chi connectivity index (χ3n) is 4.66. The fourth-order valence-corrected chi connectivity index (χ4v) is 3.24. The van der Waals surface area contributed by atoms with Crippen molar-refractivity contribution in [1.29, 1.82) is 0 Å². The van der Waals surface area contributed by atoms with Crippen LogP contribution in [0.5, 0.6) is 0 Å². The predicted molar refractivity (Wildman–Crippen MR) is 115 cm³/mol. The quantitative estimate of drug-likeness (QED) is 0.468. The highest BCUT2D eigenvalue weighted by Gasteiger charge is 2.13. The molecular weight excluding hydrogens is 400 g/mol.